The zero-order valence-corrected chi connectivity index (χ0v) is 12.6. The average molecular weight is 361 g/mol. The lowest BCUT2D eigenvalue weighted by Crippen LogP contribution is -2.09. The Bertz CT molecular complexity index is 610. The molecule has 0 spiro atoms. The van der Waals surface area contributed by atoms with Crippen molar-refractivity contribution in [2.75, 3.05) is 5.32 Å². The van der Waals surface area contributed by atoms with Crippen molar-refractivity contribution in [1.29, 1.82) is 0 Å². The maximum absolute atomic E-state index is 13.1. The molecule has 98 valence electrons. The average Bonchev–Trinajstić information content (AvgIpc) is 2.34. The third kappa shape index (κ3) is 3.40. The van der Waals surface area contributed by atoms with Gasteiger partial charge in [-0.1, -0.05) is 23.8 Å². The van der Waals surface area contributed by atoms with Crippen LogP contribution in [0.15, 0.2) is 34.9 Å². The first-order valence-electron chi connectivity index (χ1n) is 5.15. The molecule has 0 amide bonds. The summed E-state index contributed by atoms with van der Waals surface area (Å²) >= 11 is 14.0. The standard InChI is InChI=1S/C12H8BrClFN3S/c13-8-3-7(15)4-9(14)11(8)18-10-2-1-6(5-17-10)12(16)19/h1-5H,(H2,16,19)(H,17,18). The number of halogens is 3. The van der Waals surface area contributed by atoms with E-state index in [0.717, 1.165) is 0 Å². The van der Waals surface area contributed by atoms with E-state index in [4.69, 9.17) is 29.6 Å². The molecule has 3 nitrogen and oxygen atoms in total. The summed E-state index contributed by atoms with van der Waals surface area (Å²) in [6.45, 7) is 0. The highest BCUT2D eigenvalue weighted by Gasteiger charge is 2.09. The van der Waals surface area contributed by atoms with E-state index in [2.05, 4.69) is 26.2 Å². The van der Waals surface area contributed by atoms with E-state index < -0.39 is 5.82 Å². The third-order valence-corrected chi connectivity index (χ3v) is 3.47. The predicted octanol–water partition coefficient (Wildman–Crippen LogP) is 4.01. The van der Waals surface area contributed by atoms with Gasteiger partial charge in [0.1, 0.15) is 16.6 Å². The smallest absolute Gasteiger partial charge is 0.130 e. The summed E-state index contributed by atoms with van der Waals surface area (Å²) in [5, 5.41) is 3.25. The fourth-order valence-corrected chi connectivity index (χ4v) is 2.42. The van der Waals surface area contributed by atoms with Gasteiger partial charge in [-0.3, -0.25) is 0 Å². The molecule has 0 unspecified atom stereocenters. The van der Waals surface area contributed by atoms with E-state index in [-0.39, 0.29) is 10.0 Å². The summed E-state index contributed by atoms with van der Waals surface area (Å²) in [6, 6.07) is 5.99. The van der Waals surface area contributed by atoms with Crippen molar-refractivity contribution in [1.82, 2.24) is 4.98 Å². The van der Waals surface area contributed by atoms with Crippen molar-refractivity contribution in [3.05, 3.63) is 51.3 Å². The molecule has 0 aliphatic rings. The summed E-state index contributed by atoms with van der Waals surface area (Å²) < 4.78 is 13.6. The topological polar surface area (TPSA) is 50.9 Å². The number of hydrogen-bond donors (Lipinski definition) is 2. The minimum absolute atomic E-state index is 0.257. The molecule has 0 aliphatic carbocycles. The van der Waals surface area contributed by atoms with Crippen LogP contribution in [0, 0.1) is 5.82 Å². The van der Waals surface area contributed by atoms with Crippen LogP contribution in [0.3, 0.4) is 0 Å². The van der Waals surface area contributed by atoms with Crippen LogP contribution in [-0.4, -0.2) is 9.97 Å². The first-order valence-corrected chi connectivity index (χ1v) is 6.72. The predicted molar refractivity (Wildman–Crippen MR) is 82.5 cm³/mol. The van der Waals surface area contributed by atoms with Gasteiger partial charge in [-0.25, -0.2) is 9.37 Å². The number of hydrogen-bond acceptors (Lipinski definition) is 3. The molecule has 1 heterocycles. The zero-order valence-electron chi connectivity index (χ0n) is 9.45. The molecule has 0 saturated heterocycles. The summed E-state index contributed by atoms with van der Waals surface area (Å²) in [6.07, 6.45) is 1.55. The normalized spacial score (nSPS) is 10.3. The largest absolute Gasteiger partial charge is 0.389 e. The van der Waals surface area contributed by atoms with Crippen molar-refractivity contribution in [2.45, 2.75) is 0 Å². The molecule has 0 fully saturated rings. The molecule has 2 aromatic rings. The number of benzene rings is 1. The third-order valence-electron chi connectivity index (χ3n) is 2.31. The summed E-state index contributed by atoms with van der Waals surface area (Å²) in [5.74, 6) is 0.133. The van der Waals surface area contributed by atoms with Gasteiger partial charge >= 0.3 is 0 Å². The van der Waals surface area contributed by atoms with Gasteiger partial charge in [0.25, 0.3) is 0 Å². The maximum Gasteiger partial charge on any atom is 0.130 e. The number of nitrogens with two attached hydrogens (primary N) is 1. The van der Waals surface area contributed by atoms with E-state index in [9.17, 15) is 4.39 Å². The van der Waals surface area contributed by atoms with Crippen molar-refractivity contribution < 1.29 is 4.39 Å². The first kappa shape index (κ1) is 14.2. The fraction of sp³-hybridized carbons (Fsp3) is 0. The Morgan fingerprint density at radius 1 is 1.42 bits per heavy atom. The number of rotatable bonds is 3. The number of pyridine rings is 1. The van der Waals surface area contributed by atoms with Gasteiger partial charge in [0, 0.05) is 16.2 Å². The van der Waals surface area contributed by atoms with E-state index in [1.54, 1.807) is 18.3 Å². The van der Waals surface area contributed by atoms with Crippen LogP contribution in [-0.2, 0) is 0 Å². The van der Waals surface area contributed by atoms with Gasteiger partial charge in [0.15, 0.2) is 0 Å². The van der Waals surface area contributed by atoms with E-state index in [0.29, 0.717) is 21.5 Å². The number of thiocarbonyl (C=S) groups is 1. The number of nitrogens with one attached hydrogen (secondary N) is 1. The van der Waals surface area contributed by atoms with Crippen molar-refractivity contribution in [3.63, 3.8) is 0 Å². The van der Waals surface area contributed by atoms with Crippen LogP contribution in [0.1, 0.15) is 5.56 Å². The Kier molecular flexibility index (Phi) is 4.34. The molecule has 3 N–H and O–H groups in total. The Balaban J connectivity index is 2.29. The second-order valence-corrected chi connectivity index (χ2v) is 5.37. The number of nitrogens with zero attached hydrogens (tertiary/aromatic N) is 1. The van der Waals surface area contributed by atoms with Gasteiger partial charge in [-0.05, 0) is 40.2 Å². The molecule has 19 heavy (non-hydrogen) atoms. The Morgan fingerprint density at radius 3 is 2.68 bits per heavy atom. The van der Waals surface area contributed by atoms with Crippen molar-refractivity contribution in [3.8, 4) is 0 Å². The highest BCUT2D eigenvalue weighted by molar-refractivity contribution is 9.10. The summed E-state index contributed by atoms with van der Waals surface area (Å²) in [5.41, 5.74) is 6.69. The zero-order chi connectivity index (χ0) is 14.0. The summed E-state index contributed by atoms with van der Waals surface area (Å²) in [7, 11) is 0. The second-order valence-electron chi connectivity index (χ2n) is 3.67. The molecule has 0 saturated carbocycles. The first-order chi connectivity index (χ1) is 8.97. The van der Waals surface area contributed by atoms with E-state index in [1.807, 2.05) is 0 Å². The SMILES string of the molecule is NC(=S)c1ccc(Nc2c(Cl)cc(F)cc2Br)nc1. The Labute approximate surface area is 128 Å². The lowest BCUT2D eigenvalue weighted by molar-refractivity contribution is 0.627. The molecule has 1 aromatic heterocycles. The van der Waals surface area contributed by atoms with Crippen LogP contribution in [0.25, 0.3) is 0 Å². The van der Waals surface area contributed by atoms with Crippen molar-refractivity contribution in [2.24, 2.45) is 5.73 Å². The fourth-order valence-electron chi connectivity index (χ4n) is 1.40. The molecule has 7 heteroatoms. The molecule has 1 aromatic carbocycles. The minimum Gasteiger partial charge on any atom is -0.389 e. The number of aromatic nitrogens is 1. The maximum atomic E-state index is 13.1. The molecule has 0 aliphatic heterocycles. The summed E-state index contributed by atoms with van der Waals surface area (Å²) in [4.78, 5) is 4.43. The van der Waals surface area contributed by atoms with Crippen LogP contribution < -0.4 is 11.1 Å². The molecule has 2 rings (SSSR count). The molecular formula is C12H8BrClFN3S. The highest BCUT2D eigenvalue weighted by atomic mass is 79.9. The van der Waals surface area contributed by atoms with Crippen LogP contribution in [0.4, 0.5) is 15.9 Å². The highest BCUT2D eigenvalue weighted by Crippen LogP contribution is 2.33. The van der Waals surface area contributed by atoms with E-state index >= 15 is 0 Å². The van der Waals surface area contributed by atoms with Crippen LogP contribution >= 0.6 is 39.7 Å². The minimum atomic E-state index is -0.417. The van der Waals surface area contributed by atoms with Crippen LogP contribution in [0.5, 0.6) is 0 Å². The van der Waals surface area contributed by atoms with E-state index in [1.165, 1.54) is 12.1 Å². The molecule has 0 atom stereocenters. The number of anilines is 2. The Hall–Kier alpha value is -1.24. The lowest BCUT2D eigenvalue weighted by Gasteiger charge is -2.10. The van der Waals surface area contributed by atoms with Gasteiger partial charge in [-0.2, -0.15) is 0 Å². The van der Waals surface area contributed by atoms with Crippen LogP contribution in [0.2, 0.25) is 5.02 Å². The lowest BCUT2D eigenvalue weighted by atomic mass is 10.2. The quantitative estimate of drug-likeness (QED) is 0.812. The monoisotopic (exact) mass is 359 g/mol. The van der Waals surface area contributed by atoms with Gasteiger partial charge in [0.05, 0.1) is 10.7 Å². The van der Waals surface area contributed by atoms with Crippen molar-refractivity contribution >= 4 is 56.2 Å². The van der Waals surface area contributed by atoms with Gasteiger partial charge in [0.2, 0.25) is 0 Å². The van der Waals surface area contributed by atoms with Gasteiger partial charge in [-0.15, -0.1) is 0 Å². The molecule has 0 bridgehead atoms. The second kappa shape index (κ2) is 5.81. The Morgan fingerprint density at radius 2 is 2.16 bits per heavy atom. The molecule has 0 radical (unpaired) electrons. The van der Waals surface area contributed by atoms with Gasteiger partial charge < -0.3 is 11.1 Å². The molecular weight excluding hydrogens is 353 g/mol.